The van der Waals surface area contributed by atoms with Crippen LogP contribution in [0.5, 0.6) is 0 Å². The van der Waals surface area contributed by atoms with Crippen LogP contribution in [0.25, 0.3) is 0 Å². The molecular formula is C10H17N3O3S. The molecule has 0 aromatic rings. The van der Waals surface area contributed by atoms with Crippen LogP contribution in [0, 0.1) is 5.41 Å². The molecule has 0 spiro atoms. The number of rotatable bonds is 4. The predicted octanol–water partition coefficient (Wildman–Crippen LogP) is -0.941. The van der Waals surface area contributed by atoms with Gasteiger partial charge in [-0.15, -0.1) is 0 Å². The van der Waals surface area contributed by atoms with Gasteiger partial charge in [0.15, 0.2) is 0 Å². The number of amides is 2. The molecule has 5 N–H and O–H groups in total. The quantitative estimate of drug-likeness (QED) is 0.565. The van der Waals surface area contributed by atoms with Crippen molar-refractivity contribution in [1.29, 1.82) is 0 Å². The minimum Gasteiger partial charge on any atom is -0.392 e. The summed E-state index contributed by atoms with van der Waals surface area (Å²) in [7, 11) is 0. The van der Waals surface area contributed by atoms with Crippen LogP contribution >= 0.6 is 12.2 Å². The third-order valence-corrected chi connectivity index (χ3v) is 3.42. The van der Waals surface area contributed by atoms with Gasteiger partial charge in [-0.25, -0.2) is 0 Å². The Morgan fingerprint density at radius 1 is 1.35 bits per heavy atom. The van der Waals surface area contributed by atoms with Gasteiger partial charge in [-0.1, -0.05) is 12.2 Å². The number of thiocarbonyl (C=S) groups is 1. The summed E-state index contributed by atoms with van der Waals surface area (Å²) in [6, 6.07) is -0.739. The molecule has 17 heavy (non-hydrogen) atoms. The topological polar surface area (TPSA) is 107 Å². The molecule has 6 nitrogen and oxygen atoms in total. The van der Waals surface area contributed by atoms with E-state index in [0.29, 0.717) is 26.1 Å². The average Bonchev–Trinajstić information content (AvgIpc) is 2.29. The van der Waals surface area contributed by atoms with E-state index in [2.05, 4.69) is 5.32 Å². The molecule has 0 aromatic carbocycles. The maximum atomic E-state index is 12.1. The lowest BCUT2D eigenvalue weighted by Crippen LogP contribution is -2.55. The number of carbonyl (C=O) groups is 2. The second kappa shape index (κ2) is 5.42. The molecule has 0 saturated carbocycles. The smallest absolute Gasteiger partial charge is 0.239 e. The van der Waals surface area contributed by atoms with Crippen LogP contribution in [-0.4, -0.2) is 36.1 Å². The second-order valence-electron chi connectivity index (χ2n) is 4.16. The van der Waals surface area contributed by atoms with Crippen LogP contribution in [0.15, 0.2) is 0 Å². The number of primary amides is 1. The first-order chi connectivity index (χ1) is 7.90. The third kappa shape index (κ3) is 2.92. The van der Waals surface area contributed by atoms with E-state index in [1.165, 1.54) is 6.92 Å². The van der Waals surface area contributed by atoms with E-state index in [9.17, 15) is 9.59 Å². The number of nitrogens with two attached hydrogens (primary N) is 2. The standard InChI is InChI=1S/C10H17N3O3S/c1-6(7(11)14)13-9(15)10(8(12)17)2-4-16-5-3-10/h6H,2-5H2,1H3,(H2,11,14)(H2,12,17)(H,13,15). The lowest BCUT2D eigenvalue weighted by Gasteiger charge is -2.35. The highest BCUT2D eigenvalue weighted by atomic mass is 32.1. The molecule has 0 radical (unpaired) electrons. The fraction of sp³-hybridized carbons (Fsp3) is 0.700. The highest BCUT2D eigenvalue weighted by molar-refractivity contribution is 7.80. The lowest BCUT2D eigenvalue weighted by atomic mass is 9.79. The summed E-state index contributed by atoms with van der Waals surface area (Å²) in [4.78, 5) is 23.2. The molecule has 1 aliphatic rings. The van der Waals surface area contributed by atoms with Gasteiger partial charge in [-0.2, -0.15) is 0 Å². The van der Waals surface area contributed by atoms with Gasteiger partial charge in [-0.3, -0.25) is 9.59 Å². The molecule has 0 aromatic heterocycles. The number of ether oxygens (including phenoxy) is 1. The van der Waals surface area contributed by atoms with Gasteiger partial charge in [0, 0.05) is 13.2 Å². The Morgan fingerprint density at radius 2 is 1.88 bits per heavy atom. The molecule has 7 heteroatoms. The van der Waals surface area contributed by atoms with Crippen LogP contribution in [0.2, 0.25) is 0 Å². The van der Waals surface area contributed by atoms with Gasteiger partial charge in [-0.05, 0) is 19.8 Å². The average molecular weight is 259 g/mol. The first-order valence-corrected chi connectivity index (χ1v) is 5.79. The molecule has 1 saturated heterocycles. The van der Waals surface area contributed by atoms with Crippen LogP contribution in [-0.2, 0) is 14.3 Å². The van der Waals surface area contributed by atoms with Crippen LogP contribution in [0.1, 0.15) is 19.8 Å². The van der Waals surface area contributed by atoms with E-state index >= 15 is 0 Å². The van der Waals surface area contributed by atoms with E-state index in [1.807, 2.05) is 0 Å². The number of hydrogen-bond acceptors (Lipinski definition) is 4. The maximum Gasteiger partial charge on any atom is 0.239 e. The lowest BCUT2D eigenvalue weighted by molar-refractivity contribution is -0.134. The summed E-state index contributed by atoms with van der Waals surface area (Å²) in [6.45, 7) is 2.37. The summed E-state index contributed by atoms with van der Waals surface area (Å²) in [5.41, 5.74) is 9.83. The summed E-state index contributed by atoms with van der Waals surface area (Å²) in [5, 5.41) is 2.53. The minimum atomic E-state index is -0.919. The van der Waals surface area contributed by atoms with Crippen molar-refractivity contribution in [2.45, 2.75) is 25.8 Å². The van der Waals surface area contributed by atoms with Crippen molar-refractivity contribution < 1.29 is 14.3 Å². The Kier molecular flexibility index (Phi) is 4.41. The Bertz CT molecular complexity index is 340. The van der Waals surface area contributed by atoms with E-state index in [4.69, 9.17) is 28.4 Å². The van der Waals surface area contributed by atoms with Crippen molar-refractivity contribution in [1.82, 2.24) is 5.32 Å². The molecular weight excluding hydrogens is 242 g/mol. The molecule has 0 aliphatic carbocycles. The monoisotopic (exact) mass is 259 g/mol. The Morgan fingerprint density at radius 3 is 2.29 bits per heavy atom. The Labute approximate surface area is 105 Å². The molecule has 1 unspecified atom stereocenters. The number of hydrogen-bond donors (Lipinski definition) is 3. The molecule has 1 aliphatic heterocycles. The highest BCUT2D eigenvalue weighted by Crippen LogP contribution is 2.31. The summed E-state index contributed by atoms with van der Waals surface area (Å²) in [5.74, 6) is -0.942. The summed E-state index contributed by atoms with van der Waals surface area (Å²) < 4.78 is 5.19. The number of nitrogens with one attached hydrogen (secondary N) is 1. The van der Waals surface area contributed by atoms with Crippen molar-refractivity contribution in [2.75, 3.05) is 13.2 Å². The summed E-state index contributed by atoms with van der Waals surface area (Å²) in [6.07, 6.45) is 0.860. The minimum absolute atomic E-state index is 0.134. The molecule has 1 fully saturated rings. The van der Waals surface area contributed by atoms with Gasteiger partial charge < -0.3 is 21.5 Å². The van der Waals surface area contributed by atoms with Gasteiger partial charge in [0.1, 0.15) is 11.5 Å². The van der Waals surface area contributed by atoms with Crippen LogP contribution < -0.4 is 16.8 Å². The number of carbonyl (C=O) groups excluding carboxylic acids is 2. The molecule has 1 heterocycles. The molecule has 96 valence electrons. The second-order valence-corrected chi connectivity index (χ2v) is 4.60. The normalized spacial score (nSPS) is 20.3. The van der Waals surface area contributed by atoms with Crippen molar-refractivity contribution >= 4 is 29.0 Å². The fourth-order valence-corrected chi connectivity index (χ4v) is 2.01. The summed E-state index contributed by atoms with van der Waals surface area (Å²) >= 11 is 4.97. The van der Waals surface area contributed by atoms with Crippen molar-refractivity contribution in [2.24, 2.45) is 16.9 Å². The van der Waals surface area contributed by atoms with Gasteiger partial charge in [0.2, 0.25) is 11.8 Å². The van der Waals surface area contributed by atoms with Crippen LogP contribution in [0.4, 0.5) is 0 Å². The van der Waals surface area contributed by atoms with Crippen LogP contribution in [0.3, 0.4) is 0 Å². The van der Waals surface area contributed by atoms with E-state index in [1.54, 1.807) is 0 Å². The fourth-order valence-electron chi connectivity index (χ4n) is 1.71. The van der Waals surface area contributed by atoms with Gasteiger partial charge in [0.05, 0.1) is 4.99 Å². The van der Waals surface area contributed by atoms with Crippen molar-refractivity contribution in [3.63, 3.8) is 0 Å². The van der Waals surface area contributed by atoms with E-state index in [0.717, 1.165) is 0 Å². The van der Waals surface area contributed by atoms with Gasteiger partial charge >= 0.3 is 0 Å². The zero-order valence-electron chi connectivity index (χ0n) is 9.69. The molecule has 1 rings (SSSR count). The Hall–Kier alpha value is -1.21. The predicted molar refractivity (Wildman–Crippen MR) is 66.1 cm³/mol. The van der Waals surface area contributed by atoms with E-state index in [-0.39, 0.29) is 10.9 Å². The van der Waals surface area contributed by atoms with Gasteiger partial charge in [0.25, 0.3) is 0 Å². The molecule has 1 atom stereocenters. The first kappa shape index (κ1) is 13.9. The van der Waals surface area contributed by atoms with E-state index < -0.39 is 17.4 Å². The van der Waals surface area contributed by atoms with Crippen molar-refractivity contribution in [3.05, 3.63) is 0 Å². The molecule has 2 amide bonds. The van der Waals surface area contributed by atoms with Crippen molar-refractivity contribution in [3.8, 4) is 0 Å². The maximum absolute atomic E-state index is 12.1. The largest absolute Gasteiger partial charge is 0.392 e. The Balaban J connectivity index is 2.80. The first-order valence-electron chi connectivity index (χ1n) is 5.38. The molecule has 0 bridgehead atoms. The SMILES string of the molecule is CC(NC(=O)C1(C(N)=S)CCOCC1)C(N)=O. The zero-order valence-corrected chi connectivity index (χ0v) is 10.5. The third-order valence-electron chi connectivity index (χ3n) is 3.03. The highest BCUT2D eigenvalue weighted by Gasteiger charge is 2.43. The zero-order chi connectivity index (χ0) is 13.1.